The Labute approximate surface area is 132 Å². The smallest absolute Gasteiger partial charge is 0.293 e. The lowest BCUT2D eigenvalue weighted by Gasteiger charge is -2.16. The minimum Gasteiger partial charge on any atom is -0.293 e. The fourth-order valence-electron chi connectivity index (χ4n) is 2.65. The number of hydrogen-bond donors (Lipinski definition) is 0. The number of ketones is 2. The molecule has 22 heavy (non-hydrogen) atoms. The number of alkyl halides is 3. The molecule has 0 N–H and O–H groups in total. The number of halogens is 4. The third kappa shape index (κ3) is 2.27. The summed E-state index contributed by atoms with van der Waals surface area (Å²) in [7, 11) is 0. The average Bonchev–Trinajstić information content (AvgIpc) is 2.71. The molecule has 3 rings (SSSR count). The molecule has 0 fully saturated rings. The van der Waals surface area contributed by atoms with Gasteiger partial charge < -0.3 is 0 Å². The second kappa shape index (κ2) is 5.05. The highest BCUT2D eigenvalue weighted by molar-refractivity contribution is 9.10. The van der Waals surface area contributed by atoms with Crippen LogP contribution in [0.25, 0.3) is 0 Å². The predicted molar refractivity (Wildman–Crippen MR) is 77.0 cm³/mol. The van der Waals surface area contributed by atoms with E-state index in [4.69, 9.17) is 0 Å². The van der Waals surface area contributed by atoms with Crippen LogP contribution in [0.2, 0.25) is 0 Å². The Bertz CT molecular complexity index is 761. The number of Topliss-reactive ketones (excluding diaryl/α,β-unsaturated/α-hetero) is 2. The van der Waals surface area contributed by atoms with Crippen LogP contribution in [0.3, 0.4) is 0 Å². The third-order valence-electron chi connectivity index (χ3n) is 3.61. The third-order valence-corrected chi connectivity index (χ3v) is 4.11. The molecule has 1 aliphatic rings. The van der Waals surface area contributed by atoms with Crippen LogP contribution in [0.5, 0.6) is 0 Å². The van der Waals surface area contributed by atoms with Crippen molar-refractivity contribution in [3.8, 4) is 0 Å². The van der Waals surface area contributed by atoms with E-state index in [1.807, 2.05) is 0 Å². The van der Waals surface area contributed by atoms with E-state index in [9.17, 15) is 22.8 Å². The van der Waals surface area contributed by atoms with Crippen LogP contribution in [0.1, 0.15) is 37.8 Å². The lowest BCUT2D eigenvalue weighted by Crippen LogP contribution is -2.19. The molecule has 0 saturated carbocycles. The molecule has 1 aliphatic carbocycles. The summed E-state index contributed by atoms with van der Waals surface area (Å²) < 4.78 is 39.9. The lowest BCUT2D eigenvalue weighted by atomic mass is 9.90. The van der Waals surface area contributed by atoms with Gasteiger partial charge in [0.05, 0.1) is 5.56 Å². The van der Waals surface area contributed by atoms with E-state index < -0.39 is 29.2 Å². The molecule has 2 aromatic rings. The Morgan fingerprint density at radius 1 is 0.909 bits per heavy atom. The quantitative estimate of drug-likeness (QED) is 0.687. The van der Waals surface area contributed by atoms with Gasteiger partial charge in [0.25, 0.3) is 0 Å². The summed E-state index contributed by atoms with van der Waals surface area (Å²) in [6.07, 6.45) is -4.64. The number of carbonyl (C=O) groups is 2. The van der Waals surface area contributed by atoms with Crippen molar-refractivity contribution in [3.63, 3.8) is 0 Å². The Morgan fingerprint density at radius 2 is 1.45 bits per heavy atom. The van der Waals surface area contributed by atoms with Gasteiger partial charge in [0.15, 0.2) is 11.6 Å². The second-order valence-corrected chi connectivity index (χ2v) is 5.85. The van der Waals surface area contributed by atoms with Gasteiger partial charge in [0.1, 0.15) is 5.92 Å². The number of rotatable bonds is 1. The van der Waals surface area contributed by atoms with Crippen LogP contribution in [-0.2, 0) is 6.18 Å². The normalized spacial score (nSPS) is 15.3. The fourth-order valence-corrected chi connectivity index (χ4v) is 3.01. The van der Waals surface area contributed by atoms with Gasteiger partial charge in [-0.3, -0.25) is 9.59 Å². The van der Waals surface area contributed by atoms with Gasteiger partial charge in [-0.15, -0.1) is 0 Å². The van der Waals surface area contributed by atoms with E-state index in [-0.39, 0.29) is 21.2 Å². The molecule has 0 atom stereocenters. The van der Waals surface area contributed by atoms with Gasteiger partial charge in [-0.2, -0.15) is 13.2 Å². The van der Waals surface area contributed by atoms with Crippen molar-refractivity contribution < 1.29 is 22.8 Å². The first-order chi connectivity index (χ1) is 10.3. The van der Waals surface area contributed by atoms with E-state index in [0.717, 1.165) is 6.07 Å². The van der Waals surface area contributed by atoms with Crippen LogP contribution in [-0.4, -0.2) is 11.6 Å². The van der Waals surface area contributed by atoms with Crippen molar-refractivity contribution in [2.75, 3.05) is 0 Å². The van der Waals surface area contributed by atoms with Crippen LogP contribution in [0.4, 0.5) is 13.2 Å². The molecular formula is C16H8BrF3O2. The average molecular weight is 369 g/mol. The molecule has 0 saturated heterocycles. The zero-order valence-electron chi connectivity index (χ0n) is 10.9. The van der Waals surface area contributed by atoms with Crippen molar-refractivity contribution in [1.29, 1.82) is 0 Å². The second-order valence-electron chi connectivity index (χ2n) is 4.94. The lowest BCUT2D eigenvalue weighted by molar-refractivity contribution is -0.138. The highest BCUT2D eigenvalue weighted by Gasteiger charge is 2.44. The van der Waals surface area contributed by atoms with Gasteiger partial charge >= 0.3 is 6.18 Å². The molecule has 0 aliphatic heterocycles. The zero-order chi connectivity index (χ0) is 16.1. The van der Waals surface area contributed by atoms with E-state index in [0.29, 0.717) is 0 Å². The topological polar surface area (TPSA) is 34.1 Å². The molecule has 112 valence electrons. The van der Waals surface area contributed by atoms with Crippen LogP contribution >= 0.6 is 15.9 Å². The highest BCUT2D eigenvalue weighted by Crippen LogP contribution is 2.41. The standard InChI is InChI=1S/C16H8BrF3O2/c17-8-5-6-11(12(7-8)16(18,19)20)13-14(21)9-3-1-2-4-10(9)15(13)22/h1-7,13H. The van der Waals surface area contributed by atoms with Crippen molar-refractivity contribution in [2.24, 2.45) is 0 Å². The molecule has 0 aromatic heterocycles. The summed E-state index contributed by atoms with van der Waals surface area (Å²) in [5, 5.41) is 0. The van der Waals surface area contributed by atoms with E-state index in [1.165, 1.54) is 24.3 Å². The van der Waals surface area contributed by atoms with Gasteiger partial charge in [0.2, 0.25) is 0 Å². The zero-order valence-corrected chi connectivity index (χ0v) is 12.5. The highest BCUT2D eigenvalue weighted by atomic mass is 79.9. The Kier molecular flexibility index (Phi) is 3.44. The first-order valence-electron chi connectivity index (χ1n) is 6.35. The molecule has 0 unspecified atom stereocenters. The number of hydrogen-bond acceptors (Lipinski definition) is 2. The summed E-state index contributed by atoms with van der Waals surface area (Å²) in [4.78, 5) is 24.7. The monoisotopic (exact) mass is 368 g/mol. The summed E-state index contributed by atoms with van der Waals surface area (Å²) in [5.41, 5.74) is -0.926. The van der Waals surface area contributed by atoms with Gasteiger partial charge in [0, 0.05) is 15.6 Å². The Balaban J connectivity index is 2.19. The minimum atomic E-state index is -4.64. The Morgan fingerprint density at radius 3 is 1.95 bits per heavy atom. The van der Waals surface area contributed by atoms with Crippen molar-refractivity contribution >= 4 is 27.5 Å². The molecule has 0 bridgehead atoms. The summed E-state index contributed by atoms with van der Waals surface area (Å²) >= 11 is 2.99. The van der Waals surface area contributed by atoms with E-state index >= 15 is 0 Å². The first kappa shape index (κ1) is 15.0. The maximum absolute atomic E-state index is 13.2. The van der Waals surface area contributed by atoms with Crippen molar-refractivity contribution in [1.82, 2.24) is 0 Å². The van der Waals surface area contributed by atoms with Crippen LogP contribution in [0.15, 0.2) is 46.9 Å². The molecular weight excluding hydrogens is 361 g/mol. The maximum Gasteiger partial charge on any atom is 0.416 e. The molecule has 0 heterocycles. The SMILES string of the molecule is O=C1c2ccccc2C(=O)C1c1ccc(Br)cc1C(F)(F)F. The molecule has 2 nitrogen and oxygen atoms in total. The first-order valence-corrected chi connectivity index (χ1v) is 7.14. The molecule has 0 spiro atoms. The summed E-state index contributed by atoms with van der Waals surface area (Å²) in [6, 6.07) is 9.55. The van der Waals surface area contributed by atoms with Crippen molar-refractivity contribution in [3.05, 3.63) is 69.2 Å². The molecule has 2 aromatic carbocycles. The maximum atomic E-state index is 13.2. The number of carbonyl (C=O) groups excluding carboxylic acids is 2. The van der Waals surface area contributed by atoms with Crippen LogP contribution < -0.4 is 0 Å². The molecule has 0 amide bonds. The number of fused-ring (bicyclic) bond motifs is 1. The van der Waals surface area contributed by atoms with Gasteiger partial charge in [-0.05, 0) is 17.7 Å². The van der Waals surface area contributed by atoms with E-state index in [2.05, 4.69) is 15.9 Å². The summed E-state index contributed by atoms with van der Waals surface area (Å²) in [5.74, 6) is -2.61. The Hall–Kier alpha value is -1.95. The van der Waals surface area contributed by atoms with Crippen LogP contribution in [0, 0.1) is 0 Å². The van der Waals surface area contributed by atoms with Gasteiger partial charge in [-0.25, -0.2) is 0 Å². The molecule has 6 heteroatoms. The fraction of sp³-hybridized carbons (Fsp3) is 0.125. The van der Waals surface area contributed by atoms with E-state index in [1.54, 1.807) is 12.1 Å². The summed E-state index contributed by atoms with van der Waals surface area (Å²) in [6.45, 7) is 0. The largest absolute Gasteiger partial charge is 0.416 e. The predicted octanol–water partition coefficient (Wildman–Crippen LogP) is 4.63. The van der Waals surface area contributed by atoms with Crippen molar-refractivity contribution in [2.45, 2.75) is 12.1 Å². The van der Waals surface area contributed by atoms with Gasteiger partial charge in [-0.1, -0.05) is 46.3 Å². The minimum absolute atomic E-state index is 0.175. The molecule has 0 radical (unpaired) electrons. The number of benzene rings is 2.